The Balaban J connectivity index is 1.91. The van der Waals surface area contributed by atoms with Crippen molar-refractivity contribution in [2.45, 2.75) is 39.0 Å². The van der Waals surface area contributed by atoms with Crippen molar-refractivity contribution in [1.29, 1.82) is 0 Å². The highest BCUT2D eigenvalue weighted by Gasteiger charge is 2.31. The molecule has 7 heteroatoms. The van der Waals surface area contributed by atoms with Crippen LogP contribution in [0.4, 0.5) is 0 Å². The number of nitrogens with one attached hydrogen (secondary N) is 1. The molecule has 2 atom stereocenters. The van der Waals surface area contributed by atoms with Gasteiger partial charge in [0.15, 0.2) is 0 Å². The smallest absolute Gasteiger partial charge is 0.211 e. The minimum atomic E-state index is -3.10. The Kier molecular flexibility index (Phi) is 5.43. The number of hydrogen-bond acceptors (Lipinski definition) is 5. The van der Waals surface area contributed by atoms with Crippen LogP contribution in [0.1, 0.15) is 31.3 Å². The average Bonchev–Trinajstić information content (AvgIpc) is 2.92. The Morgan fingerprint density at radius 1 is 1.43 bits per heavy atom. The highest BCUT2D eigenvalue weighted by molar-refractivity contribution is 7.88. The molecule has 0 radical (unpaired) electrons. The van der Waals surface area contributed by atoms with E-state index in [9.17, 15) is 8.42 Å². The Morgan fingerprint density at radius 2 is 2.14 bits per heavy atom. The summed E-state index contributed by atoms with van der Waals surface area (Å²) in [6.07, 6.45) is 3.01. The van der Waals surface area contributed by atoms with E-state index in [4.69, 9.17) is 9.52 Å². The van der Waals surface area contributed by atoms with E-state index in [-0.39, 0.29) is 12.6 Å². The van der Waals surface area contributed by atoms with Gasteiger partial charge in [-0.05, 0) is 24.5 Å². The lowest BCUT2D eigenvalue weighted by Crippen LogP contribution is -2.50. The summed E-state index contributed by atoms with van der Waals surface area (Å²) in [5.41, 5.74) is 0. The van der Waals surface area contributed by atoms with Crippen molar-refractivity contribution in [1.82, 2.24) is 9.62 Å². The van der Waals surface area contributed by atoms with Gasteiger partial charge < -0.3 is 14.8 Å². The summed E-state index contributed by atoms with van der Waals surface area (Å²) in [7, 11) is -3.10. The van der Waals surface area contributed by atoms with Gasteiger partial charge in [-0.3, -0.25) is 0 Å². The van der Waals surface area contributed by atoms with E-state index in [1.807, 2.05) is 6.07 Å². The summed E-state index contributed by atoms with van der Waals surface area (Å²) in [6, 6.07) is 3.90. The molecule has 0 unspecified atom stereocenters. The Bertz CT molecular complexity index is 555. The van der Waals surface area contributed by atoms with Gasteiger partial charge in [-0.15, -0.1) is 0 Å². The molecule has 1 aromatic heterocycles. The highest BCUT2D eigenvalue weighted by Crippen LogP contribution is 2.22. The van der Waals surface area contributed by atoms with Crippen LogP contribution in [0.2, 0.25) is 0 Å². The molecule has 1 saturated heterocycles. The third kappa shape index (κ3) is 4.29. The van der Waals surface area contributed by atoms with Crippen molar-refractivity contribution in [2.75, 3.05) is 19.3 Å². The first-order valence-corrected chi connectivity index (χ1v) is 9.15. The lowest BCUT2D eigenvalue weighted by molar-refractivity contribution is 0.197. The molecular weight excluding hydrogens is 292 g/mol. The summed E-state index contributed by atoms with van der Waals surface area (Å²) in [5.74, 6) is 1.66. The van der Waals surface area contributed by atoms with Gasteiger partial charge in [0.1, 0.15) is 18.1 Å². The first-order chi connectivity index (χ1) is 9.94. The van der Waals surface area contributed by atoms with E-state index in [0.29, 0.717) is 31.3 Å². The van der Waals surface area contributed by atoms with Gasteiger partial charge in [0.25, 0.3) is 0 Å². The van der Waals surface area contributed by atoms with Crippen molar-refractivity contribution in [2.24, 2.45) is 5.92 Å². The second kappa shape index (κ2) is 6.91. The molecule has 1 aliphatic heterocycles. The molecule has 0 aromatic carbocycles. The van der Waals surface area contributed by atoms with E-state index in [2.05, 4.69) is 12.2 Å². The van der Waals surface area contributed by atoms with Crippen molar-refractivity contribution >= 4 is 10.0 Å². The quantitative estimate of drug-likeness (QED) is 0.815. The fraction of sp³-hybridized carbons (Fsp3) is 0.714. The van der Waals surface area contributed by atoms with E-state index in [1.54, 1.807) is 10.4 Å². The molecule has 0 saturated carbocycles. The van der Waals surface area contributed by atoms with Crippen LogP contribution >= 0.6 is 0 Å². The molecule has 0 spiro atoms. The van der Waals surface area contributed by atoms with Gasteiger partial charge in [0.2, 0.25) is 10.0 Å². The zero-order valence-corrected chi connectivity index (χ0v) is 13.4. The lowest BCUT2D eigenvalue weighted by Gasteiger charge is -2.37. The van der Waals surface area contributed by atoms with E-state index in [1.165, 1.54) is 6.26 Å². The maximum absolute atomic E-state index is 11.6. The summed E-state index contributed by atoms with van der Waals surface area (Å²) in [4.78, 5) is 0. The van der Waals surface area contributed by atoms with Crippen molar-refractivity contribution < 1.29 is 17.9 Å². The highest BCUT2D eigenvalue weighted by atomic mass is 32.2. The molecule has 0 bridgehead atoms. The van der Waals surface area contributed by atoms with E-state index < -0.39 is 10.0 Å². The Labute approximate surface area is 126 Å². The fourth-order valence-electron chi connectivity index (χ4n) is 2.82. The van der Waals surface area contributed by atoms with Gasteiger partial charge >= 0.3 is 0 Å². The number of aliphatic hydroxyl groups is 1. The minimum Gasteiger partial charge on any atom is -0.462 e. The first-order valence-electron chi connectivity index (χ1n) is 7.31. The summed E-state index contributed by atoms with van der Waals surface area (Å²) in [6.45, 7) is 3.73. The topological polar surface area (TPSA) is 82.8 Å². The number of hydrogen-bond donors (Lipinski definition) is 2. The number of rotatable bonds is 6. The molecule has 1 aliphatic rings. The zero-order valence-electron chi connectivity index (χ0n) is 12.6. The maximum atomic E-state index is 11.6. The van der Waals surface area contributed by atoms with Crippen LogP contribution in [-0.2, 0) is 23.2 Å². The zero-order chi connectivity index (χ0) is 15.5. The number of furan rings is 1. The van der Waals surface area contributed by atoms with Gasteiger partial charge in [0, 0.05) is 19.1 Å². The number of piperidine rings is 1. The van der Waals surface area contributed by atoms with Crippen molar-refractivity contribution in [3.05, 3.63) is 23.7 Å². The summed E-state index contributed by atoms with van der Waals surface area (Å²) >= 11 is 0. The second-order valence-corrected chi connectivity index (χ2v) is 7.57. The molecule has 0 aliphatic carbocycles. The molecule has 6 nitrogen and oxygen atoms in total. The Hall–Kier alpha value is -0.890. The molecule has 0 amide bonds. The predicted molar refractivity (Wildman–Crippen MR) is 80.1 cm³/mol. The van der Waals surface area contributed by atoms with Crippen molar-refractivity contribution in [3.8, 4) is 0 Å². The van der Waals surface area contributed by atoms with Crippen LogP contribution in [0.5, 0.6) is 0 Å². The largest absolute Gasteiger partial charge is 0.462 e. The van der Waals surface area contributed by atoms with Crippen molar-refractivity contribution in [3.63, 3.8) is 0 Å². The van der Waals surface area contributed by atoms with E-state index in [0.717, 1.165) is 18.6 Å². The third-order valence-electron chi connectivity index (χ3n) is 4.10. The molecule has 2 N–H and O–H groups in total. The average molecular weight is 316 g/mol. The van der Waals surface area contributed by atoms with Gasteiger partial charge in [-0.2, -0.15) is 0 Å². The van der Waals surface area contributed by atoms with Crippen LogP contribution in [-0.4, -0.2) is 43.2 Å². The van der Waals surface area contributed by atoms with E-state index >= 15 is 0 Å². The fourth-order valence-corrected chi connectivity index (χ4v) is 3.72. The summed E-state index contributed by atoms with van der Waals surface area (Å²) < 4.78 is 30.3. The number of aliphatic hydroxyl groups excluding tert-OH is 1. The monoisotopic (exact) mass is 316 g/mol. The maximum Gasteiger partial charge on any atom is 0.211 e. The standard InChI is InChI=1S/C14H24N2O4S/c1-3-11-9-16(21(2,18)19)7-6-14(11)15-8-12-4-5-13(10-17)20-12/h4-5,11,14-15,17H,3,6-10H2,1-2H3/t11-,14-/m0/s1. The Morgan fingerprint density at radius 3 is 2.71 bits per heavy atom. The predicted octanol–water partition coefficient (Wildman–Crippen LogP) is 0.922. The molecular formula is C14H24N2O4S. The summed E-state index contributed by atoms with van der Waals surface area (Å²) in [5, 5.41) is 12.4. The second-order valence-electron chi connectivity index (χ2n) is 5.59. The minimum absolute atomic E-state index is 0.0929. The molecule has 120 valence electrons. The number of sulfonamides is 1. The van der Waals surface area contributed by atoms with Crippen LogP contribution in [0.3, 0.4) is 0 Å². The molecule has 21 heavy (non-hydrogen) atoms. The van der Waals surface area contributed by atoms with Crippen LogP contribution in [0.25, 0.3) is 0 Å². The van der Waals surface area contributed by atoms with Gasteiger partial charge in [-0.25, -0.2) is 12.7 Å². The lowest BCUT2D eigenvalue weighted by atomic mass is 9.91. The third-order valence-corrected chi connectivity index (χ3v) is 5.37. The SMILES string of the molecule is CC[C@H]1CN(S(C)(=O)=O)CC[C@@H]1NCc1ccc(CO)o1. The molecule has 1 aromatic rings. The van der Waals surface area contributed by atoms with Gasteiger partial charge in [0.05, 0.1) is 12.8 Å². The first kappa shape index (κ1) is 16.5. The molecule has 2 rings (SSSR count). The molecule has 1 fully saturated rings. The normalized spacial score (nSPS) is 24.3. The van der Waals surface area contributed by atoms with Gasteiger partial charge in [-0.1, -0.05) is 13.3 Å². The van der Waals surface area contributed by atoms with Crippen LogP contribution in [0, 0.1) is 5.92 Å². The molecule has 2 heterocycles. The number of nitrogens with zero attached hydrogens (tertiary/aromatic N) is 1. The van der Waals surface area contributed by atoms with Crippen LogP contribution < -0.4 is 5.32 Å². The van der Waals surface area contributed by atoms with Crippen LogP contribution in [0.15, 0.2) is 16.5 Å².